The molecule has 1 heterocycles. The normalized spacial score (nSPS) is 11.6. The molecule has 11 nitrogen and oxygen atoms in total. The summed E-state index contributed by atoms with van der Waals surface area (Å²) >= 11 is 0. The molecule has 4 rings (SSSR count). The highest BCUT2D eigenvalue weighted by molar-refractivity contribution is 7.93. The van der Waals surface area contributed by atoms with E-state index in [0.29, 0.717) is 4.31 Å². The number of anilines is 2. The van der Waals surface area contributed by atoms with Gasteiger partial charge in [-0.2, -0.15) is 0 Å². The number of halogens is 2. The quantitative estimate of drug-likeness (QED) is 0.209. The van der Waals surface area contributed by atoms with Crippen LogP contribution in [0.25, 0.3) is 10.8 Å². The van der Waals surface area contributed by atoms with E-state index < -0.39 is 56.7 Å². The number of sulfonamides is 2. The van der Waals surface area contributed by atoms with Gasteiger partial charge in [0.25, 0.3) is 20.0 Å². The molecule has 0 spiro atoms. The molecule has 44 heavy (non-hydrogen) atoms. The maximum Gasteiger partial charge on any atom is 0.326 e. The summed E-state index contributed by atoms with van der Waals surface area (Å²) in [6.45, 7) is 1.40. The Morgan fingerprint density at radius 2 is 1.11 bits per heavy atom. The van der Waals surface area contributed by atoms with Gasteiger partial charge in [-0.05, 0) is 62.4 Å². The summed E-state index contributed by atoms with van der Waals surface area (Å²) in [5, 5.41) is 0.221. The summed E-state index contributed by atoms with van der Waals surface area (Å²) < 4.78 is 93.8. The van der Waals surface area contributed by atoms with Gasteiger partial charge >= 0.3 is 11.9 Å². The minimum Gasteiger partial charge on any atom is -0.465 e. The van der Waals surface area contributed by atoms with Gasteiger partial charge < -0.3 is 9.47 Å². The molecule has 0 saturated carbocycles. The number of benzene rings is 3. The zero-order valence-electron chi connectivity index (χ0n) is 23.5. The van der Waals surface area contributed by atoms with Crippen LogP contribution in [0.3, 0.4) is 0 Å². The number of aromatic nitrogens is 1. The number of ether oxygens (including phenoxy) is 2. The summed E-state index contributed by atoms with van der Waals surface area (Å²) in [6, 6.07) is 13.9. The molecule has 0 radical (unpaired) electrons. The van der Waals surface area contributed by atoms with Gasteiger partial charge in [-0.3, -0.25) is 13.9 Å². The van der Waals surface area contributed by atoms with Gasteiger partial charge in [0.05, 0.1) is 34.9 Å². The average molecular weight is 648 g/mol. The van der Waals surface area contributed by atoms with Gasteiger partial charge in [-0.25, -0.2) is 34.9 Å². The van der Waals surface area contributed by atoms with Crippen molar-refractivity contribution in [1.82, 2.24) is 4.98 Å². The van der Waals surface area contributed by atoms with E-state index in [1.807, 2.05) is 0 Å². The van der Waals surface area contributed by atoms with Crippen LogP contribution in [0.5, 0.6) is 0 Å². The maximum absolute atomic E-state index is 13.8. The number of carbonyl (C=O) groups excluding carboxylic acids is 2. The lowest BCUT2D eigenvalue weighted by Gasteiger charge is -2.27. The van der Waals surface area contributed by atoms with Gasteiger partial charge in [0.1, 0.15) is 24.7 Å². The van der Waals surface area contributed by atoms with Crippen LogP contribution in [-0.2, 0) is 39.1 Å². The SMILES string of the molecule is CCOC(=O)CN(c1cnc(N(CC(=O)OCC)S(=O)(=O)c2ccc(F)cc2)c2ccccc12)S(=O)(=O)c1ccc(F)cc1. The van der Waals surface area contributed by atoms with Crippen molar-refractivity contribution in [3.8, 4) is 0 Å². The first-order valence-corrected chi connectivity index (χ1v) is 16.0. The van der Waals surface area contributed by atoms with Crippen LogP contribution in [0, 0.1) is 11.6 Å². The van der Waals surface area contributed by atoms with Crippen LogP contribution in [0.15, 0.2) is 88.8 Å². The van der Waals surface area contributed by atoms with Gasteiger partial charge in [0, 0.05) is 10.8 Å². The van der Waals surface area contributed by atoms with Crippen LogP contribution in [-0.4, -0.2) is 60.1 Å². The molecule has 0 amide bonds. The highest BCUT2D eigenvalue weighted by Crippen LogP contribution is 2.36. The van der Waals surface area contributed by atoms with Gasteiger partial charge in [-0.15, -0.1) is 0 Å². The molecule has 0 fully saturated rings. The van der Waals surface area contributed by atoms with Crippen molar-refractivity contribution in [3.63, 3.8) is 0 Å². The number of pyridine rings is 1. The molecule has 4 aromatic rings. The molecule has 0 unspecified atom stereocenters. The van der Waals surface area contributed by atoms with Gasteiger partial charge in [-0.1, -0.05) is 24.3 Å². The summed E-state index contributed by atoms with van der Waals surface area (Å²) in [5.41, 5.74) is -0.128. The number of esters is 2. The van der Waals surface area contributed by atoms with Crippen molar-refractivity contribution in [1.29, 1.82) is 0 Å². The number of rotatable bonds is 12. The number of hydrogen-bond acceptors (Lipinski definition) is 9. The lowest BCUT2D eigenvalue weighted by Crippen LogP contribution is -2.38. The first kappa shape index (κ1) is 32.3. The molecular formula is C29H27F2N3O8S2. The van der Waals surface area contributed by atoms with Crippen molar-refractivity contribution < 1.29 is 44.7 Å². The second-order valence-electron chi connectivity index (χ2n) is 9.05. The molecule has 15 heteroatoms. The molecule has 0 aliphatic rings. The Balaban J connectivity index is 1.95. The van der Waals surface area contributed by atoms with Crippen molar-refractivity contribution in [2.24, 2.45) is 0 Å². The second-order valence-corrected chi connectivity index (χ2v) is 12.8. The summed E-state index contributed by atoms with van der Waals surface area (Å²) in [5.74, 6) is -3.43. The molecule has 0 aliphatic heterocycles. The Hall–Kier alpha value is -4.63. The lowest BCUT2D eigenvalue weighted by atomic mass is 10.1. The first-order valence-electron chi connectivity index (χ1n) is 13.2. The molecule has 232 valence electrons. The zero-order chi connectivity index (χ0) is 32.1. The van der Waals surface area contributed by atoms with Crippen LogP contribution in [0.1, 0.15) is 13.8 Å². The first-order chi connectivity index (χ1) is 20.9. The molecule has 0 atom stereocenters. The highest BCUT2D eigenvalue weighted by atomic mass is 32.2. The Bertz CT molecular complexity index is 1750. The topological polar surface area (TPSA) is 140 Å². The Kier molecular flexibility index (Phi) is 9.79. The highest BCUT2D eigenvalue weighted by Gasteiger charge is 2.33. The Labute approximate surface area is 252 Å². The molecule has 1 aromatic heterocycles. The second kappa shape index (κ2) is 13.3. The Morgan fingerprint density at radius 1 is 0.682 bits per heavy atom. The smallest absolute Gasteiger partial charge is 0.326 e. The zero-order valence-corrected chi connectivity index (χ0v) is 25.1. The van der Waals surface area contributed by atoms with E-state index in [-0.39, 0.29) is 45.3 Å². The van der Waals surface area contributed by atoms with Crippen molar-refractivity contribution in [2.75, 3.05) is 34.9 Å². The fourth-order valence-electron chi connectivity index (χ4n) is 4.25. The number of nitrogens with zero attached hydrogens (tertiary/aromatic N) is 3. The van der Waals surface area contributed by atoms with Crippen LogP contribution < -0.4 is 8.61 Å². The van der Waals surface area contributed by atoms with E-state index in [1.54, 1.807) is 19.9 Å². The van der Waals surface area contributed by atoms with E-state index in [1.165, 1.54) is 18.2 Å². The molecule has 0 bridgehead atoms. The molecule has 3 aromatic carbocycles. The minimum atomic E-state index is -4.55. The average Bonchev–Trinajstić information content (AvgIpc) is 2.99. The summed E-state index contributed by atoms with van der Waals surface area (Å²) in [6.07, 6.45) is 1.04. The summed E-state index contributed by atoms with van der Waals surface area (Å²) in [7, 11) is -9.08. The third-order valence-corrected chi connectivity index (χ3v) is 9.74. The number of fused-ring (bicyclic) bond motifs is 1. The third kappa shape index (κ3) is 6.78. The van der Waals surface area contributed by atoms with Crippen LogP contribution in [0.2, 0.25) is 0 Å². The number of carbonyl (C=O) groups is 2. The summed E-state index contributed by atoms with van der Waals surface area (Å²) in [4.78, 5) is 28.8. The largest absolute Gasteiger partial charge is 0.465 e. The van der Waals surface area contributed by atoms with Crippen molar-refractivity contribution in [3.05, 3.63) is 90.6 Å². The minimum absolute atomic E-state index is 0.0364. The van der Waals surface area contributed by atoms with Crippen LogP contribution >= 0.6 is 0 Å². The van der Waals surface area contributed by atoms with Crippen molar-refractivity contribution >= 4 is 54.3 Å². The molecule has 0 aliphatic carbocycles. The Morgan fingerprint density at radius 3 is 1.59 bits per heavy atom. The monoisotopic (exact) mass is 647 g/mol. The molecular weight excluding hydrogens is 620 g/mol. The maximum atomic E-state index is 13.8. The molecule has 0 saturated heterocycles. The predicted molar refractivity (Wildman–Crippen MR) is 157 cm³/mol. The van der Waals surface area contributed by atoms with Crippen LogP contribution in [0.4, 0.5) is 20.3 Å². The van der Waals surface area contributed by atoms with E-state index in [0.717, 1.165) is 59.0 Å². The van der Waals surface area contributed by atoms with E-state index in [4.69, 9.17) is 9.47 Å². The lowest BCUT2D eigenvalue weighted by molar-refractivity contribution is -0.142. The van der Waals surface area contributed by atoms with E-state index >= 15 is 0 Å². The van der Waals surface area contributed by atoms with Gasteiger partial charge in [0.2, 0.25) is 0 Å². The van der Waals surface area contributed by atoms with E-state index in [2.05, 4.69) is 4.98 Å². The standard InChI is InChI=1S/C29H27F2N3O8S2/c1-3-41-27(35)18-33(43(37,38)22-13-9-20(30)10-14-22)26-17-32-29(25-8-6-5-7-24(25)26)34(19-28(36)42-4-2)44(39,40)23-15-11-21(31)12-16-23/h5-17H,3-4,18-19H2,1-2H3. The molecule has 0 N–H and O–H groups in total. The fourth-order valence-corrected chi connectivity index (χ4v) is 7.05. The predicted octanol–water partition coefficient (Wildman–Crippen LogP) is 4.03. The van der Waals surface area contributed by atoms with E-state index in [9.17, 15) is 35.2 Å². The fraction of sp³-hybridized carbons (Fsp3) is 0.207. The van der Waals surface area contributed by atoms with Gasteiger partial charge in [0.15, 0.2) is 5.82 Å². The third-order valence-electron chi connectivity index (χ3n) is 6.22. The number of hydrogen-bond donors (Lipinski definition) is 0. The van der Waals surface area contributed by atoms with Crippen molar-refractivity contribution in [2.45, 2.75) is 23.6 Å².